The fraction of sp³-hybridized carbons (Fsp3) is 0.200. The summed E-state index contributed by atoms with van der Waals surface area (Å²) in [4.78, 5) is 12.2. The monoisotopic (exact) mass is 603 g/mol. The Kier molecular flexibility index (Phi) is 8.49. The maximum absolute atomic E-state index is 12.2. The summed E-state index contributed by atoms with van der Waals surface area (Å²) in [6, 6.07) is 17.0. The second-order valence-electron chi connectivity index (χ2n) is 7.39. The molecule has 10 heteroatoms. The van der Waals surface area contributed by atoms with E-state index < -0.39 is 0 Å². The maximum atomic E-state index is 12.2. The lowest BCUT2D eigenvalue weighted by atomic mass is 10.2. The number of hydrogen-bond donors (Lipinski definition) is 2. The number of carbonyl (C=O) groups is 1. The van der Waals surface area contributed by atoms with E-state index in [2.05, 4.69) is 47.7 Å². The van der Waals surface area contributed by atoms with E-state index in [-0.39, 0.29) is 19.2 Å². The van der Waals surface area contributed by atoms with Gasteiger partial charge in [0.1, 0.15) is 6.61 Å². The average molecular weight is 605 g/mol. The number of hydrogen-bond acceptors (Lipinski definition) is 7. The van der Waals surface area contributed by atoms with Crippen LogP contribution in [0.3, 0.4) is 0 Å². The molecular weight excluding hydrogens is 582 g/mol. The normalized spacial score (nSPS) is 12.0. The molecule has 8 nitrogen and oxygen atoms in total. The third-order valence-corrected chi connectivity index (χ3v) is 5.97. The number of nitrogens with one attached hydrogen (secondary N) is 2. The van der Waals surface area contributed by atoms with Crippen LogP contribution in [0.5, 0.6) is 23.0 Å². The lowest BCUT2D eigenvalue weighted by molar-refractivity contribution is -0.119. The number of rotatable bonds is 10. The number of nitrogens with zero attached hydrogens (tertiary/aromatic N) is 1. The predicted molar refractivity (Wildman–Crippen MR) is 141 cm³/mol. The lowest BCUT2D eigenvalue weighted by Gasteiger charge is -2.14. The van der Waals surface area contributed by atoms with E-state index in [1.54, 1.807) is 18.3 Å². The summed E-state index contributed by atoms with van der Waals surface area (Å²) in [7, 11) is 0. The van der Waals surface area contributed by atoms with Gasteiger partial charge in [0, 0.05) is 16.2 Å². The van der Waals surface area contributed by atoms with E-state index in [0.29, 0.717) is 36.2 Å². The fourth-order valence-corrected chi connectivity index (χ4v) is 4.05. The molecule has 0 saturated carbocycles. The van der Waals surface area contributed by atoms with Crippen LogP contribution >= 0.6 is 31.9 Å². The van der Waals surface area contributed by atoms with Crippen LogP contribution in [0.25, 0.3) is 0 Å². The smallest absolute Gasteiger partial charge is 0.259 e. The highest BCUT2D eigenvalue weighted by Crippen LogP contribution is 2.37. The number of anilines is 1. The molecule has 3 aromatic carbocycles. The van der Waals surface area contributed by atoms with Crippen LogP contribution in [0.15, 0.2) is 68.6 Å². The Labute approximate surface area is 219 Å². The summed E-state index contributed by atoms with van der Waals surface area (Å²) in [5.74, 6) is 2.22. The molecule has 4 rings (SSSR count). The Morgan fingerprint density at radius 1 is 1.06 bits per heavy atom. The van der Waals surface area contributed by atoms with Gasteiger partial charge in [0.05, 0.1) is 23.8 Å². The Hall–Kier alpha value is -3.24. The molecular formula is C25H23Br2N3O5. The topological polar surface area (TPSA) is 90.4 Å². The van der Waals surface area contributed by atoms with Crippen LogP contribution in [-0.2, 0) is 11.4 Å². The van der Waals surface area contributed by atoms with Crippen molar-refractivity contribution in [3.8, 4) is 23.0 Å². The maximum Gasteiger partial charge on any atom is 0.259 e. The average Bonchev–Trinajstić information content (AvgIpc) is 3.31. The van der Waals surface area contributed by atoms with Crippen molar-refractivity contribution >= 4 is 49.7 Å². The first-order valence-electron chi connectivity index (χ1n) is 10.8. The zero-order valence-corrected chi connectivity index (χ0v) is 22.0. The molecule has 182 valence electrons. The summed E-state index contributed by atoms with van der Waals surface area (Å²) in [5, 5.41) is 7.08. The largest absolute Gasteiger partial charge is 0.490 e. The number of halogens is 2. The first-order valence-corrected chi connectivity index (χ1v) is 12.4. The summed E-state index contributed by atoms with van der Waals surface area (Å²) in [5.41, 5.74) is 5.03. The first kappa shape index (κ1) is 24.9. The number of hydrazone groups is 1. The molecule has 0 aliphatic carbocycles. The first-order chi connectivity index (χ1) is 17.0. The number of benzene rings is 3. The van der Waals surface area contributed by atoms with Gasteiger partial charge in [-0.25, -0.2) is 5.43 Å². The predicted octanol–water partition coefficient (Wildman–Crippen LogP) is 5.48. The van der Waals surface area contributed by atoms with Gasteiger partial charge < -0.3 is 24.3 Å². The molecule has 0 bridgehead atoms. The molecule has 35 heavy (non-hydrogen) atoms. The molecule has 0 atom stereocenters. The molecule has 1 aliphatic heterocycles. The highest BCUT2D eigenvalue weighted by Gasteiger charge is 2.14. The van der Waals surface area contributed by atoms with Crippen LogP contribution in [0, 0.1) is 0 Å². The van der Waals surface area contributed by atoms with Crippen molar-refractivity contribution in [1.82, 2.24) is 5.43 Å². The van der Waals surface area contributed by atoms with Gasteiger partial charge in [0.25, 0.3) is 5.91 Å². The van der Waals surface area contributed by atoms with Crippen molar-refractivity contribution in [2.45, 2.75) is 13.5 Å². The van der Waals surface area contributed by atoms with Crippen molar-refractivity contribution in [1.29, 1.82) is 0 Å². The molecule has 1 aliphatic rings. The Balaban J connectivity index is 1.34. The molecule has 0 unspecified atom stereocenters. The molecule has 0 aromatic heterocycles. The SMILES string of the molecule is CCOc1cc(/C=N\NC(=O)CNc2ccc3c(c2)OCO3)cc(Br)c1OCc1ccc(Br)cc1. The molecule has 0 spiro atoms. The summed E-state index contributed by atoms with van der Waals surface area (Å²) in [6.07, 6.45) is 1.55. The minimum Gasteiger partial charge on any atom is -0.490 e. The van der Waals surface area contributed by atoms with Crippen molar-refractivity contribution in [2.75, 3.05) is 25.3 Å². The number of fused-ring (bicyclic) bond motifs is 1. The fourth-order valence-electron chi connectivity index (χ4n) is 3.21. The molecule has 0 fully saturated rings. The van der Waals surface area contributed by atoms with Gasteiger partial charge >= 0.3 is 0 Å². The Morgan fingerprint density at radius 3 is 2.66 bits per heavy atom. The van der Waals surface area contributed by atoms with Crippen molar-refractivity contribution in [3.05, 3.63) is 74.7 Å². The second-order valence-corrected chi connectivity index (χ2v) is 9.16. The van der Waals surface area contributed by atoms with Gasteiger partial charge in [0.15, 0.2) is 23.0 Å². The zero-order chi connectivity index (χ0) is 24.6. The third kappa shape index (κ3) is 6.89. The number of amides is 1. The lowest BCUT2D eigenvalue weighted by Crippen LogP contribution is -2.25. The number of ether oxygens (including phenoxy) is 4. The molecule has 2 N–H and O–H groups in total. The molecule has 3 aromatic rings. The van der Waals surface area contributed by atoms with Crippen molar-refractivity contribution < 1.29 is 23.7 Å². The van der Waals surface area contributed by atoms with Gasteiger partial charge in [-0.2, -0.15) is 5.10 Å². The minimum absolute atomic E-state index is 0.0493. The zero-order valence-electron chi connectivity index (χ0n) is 18.8. The highest BCUT2D eigenvalue weighted by molar-refractivity contribution is 9.10. The Bertz CT molecular complexity index is 1220. The van der Waals surface area contributed by atoms with Gasteiger partial charge in [-0.3, -0.25) is 4.79 Å². The Morgan fingerprint density at radius 2 is 1.86 bits per heavy atom. The van der Waals surface area contributed by atoms with E-state index in [1.807, 2.05) is 49.4 Å². The van der Waals surface area contributed by atoms with Crippen molar-refractivity contribution in [3.63, 3.8) is 0 Å². The van der Waals surface area contributed by atoms with Gasteiger partial charge in [-0.05, 0) is 70.4 Å². The van der Waals surface area contributed by atoms with E-state index in [1.165, 1.54) is 0 Å². The van der Waals surface area contributed by atoms with E-state index >= 15 is 0 Å². The second kappa shape index (κ2) is 11.9. The highest BCUT2D eigenvalue weighted by atomic mass is 79.9. The summed E-state index contributed by atoms with van der Waals surface area (Å²) < 4.78 is 24.1. The van der Waals surface area contributed by atoms with E-state index in [0.717, 1.165) is 25.8 Å². The molecule has 0 radical (unpaired) electrons. The van der Waals surface area contributed by atoms with Crippen LogP contribution in [0.1, 0.15) is 18.1 Å². The standard InChI is InChI=1S/C25H23Br2N3O5/c1-2-32-23-10-17(9-20(27)25(23)33-14-16-3-5-18(26)6-4-16)12-29-30-24(31)13-28-19-7-8-21-22(11-19)35-15-34-21/h3-12,28H,2,13-15H2,1H3,(H,30,31)/b29-12-. The van der Waals surface area contributed by atoms with Gasteiger partial charge in [0.2, 0.25) is 6.79 Å². The molecule has 0 saturated heterocycles. The van der Waals surface area contributed by atoms with E-state index in [9.17, 15) is 4.79 Å². The minimum atomic E-state index is -0.294. The number of carbonyl (C=O) groups excluding carboxylic acids is 1. The summed E-state index contributed by atoms with van der Waals surface area (Å²) in [6.45, 7) is 3.03. The van der Waals surface area contributed by atoms with E-state index in [4.69, 9.17) is 18.9 Å². The third-order valence-electron chi connectivity index (χ3n) is 4.86. The quantitative estimate of drug-likeness (QED) is 0.235. The van der Waals surface area contributed by atoms with Gasteiger partial charge in [-0.15, -0.1) is 0 Å². The summed E-state index contributed by atoms with van der Waals surface area (Å²) >= 11 is 6.99. The van der Waals surface area contributed by atoms with Crippen LogP contribution in [0.4, 0.5) is 5.69 Å². The van der Waals surface area contributed by atoms with Gasteiger partial charge in [-0.1, -0.05) is 28.1 Å². The molecule has 1 amide bonds. The van der Waals surface area contributed by atoms with Crippen LogP contribution in [0.2, 0.25) is 0 Å². The van der Waals surface area contributed by atoms with Crippen LogP contribution < -0.4 is 29.7 Å². The van der Waals surface area contributed by atoms with Crippen molar-refractivity contribution in [2.24, 2.45) is 5.10 Å². The van der Waals surface area contributed by atoms with Crippen LogP contribution in [-0.4, -0.2) is 32.1 Å². The molecule has 1 heterocycles.